The van der Waals surface area contributed by atoms with Crippen LogP contribution in [0.2, 0.25) is 0 Å². The Morgan fingerprint density at radius 2 is 2.15 bits per heavy atom. The molecule has 0 saturated carbocycles. The molecule has 1 unspecified atom stereocenters. The van der Waals surface area contributed by atoms with Crippen LogP contribution in [0.3, 0.4) is 0 Å². The summed E-state index contributed by atoms with van der Waals surface area (Å²) < 4.78 is 1.75. The fraction of sp³-hybridized carbons (Fsp3) is 0.333. The number of carbonyl (C=O) groups is 3. The second-order valence-corrected chi connectivity index (χ2v) is 8.67. The van der Waals surface area contributed by atoms with Crippen molar-refractivity contribution in [1.82, 2.24) is 15.2 Å². The monoisotopic (exact) mass is 471 g/mol. The average Bonchev–Trinajstić information content (AvgIpc) is 3.22. The molecule has 172 valence electrons. The van der Waals surface area contributed by atoms with Crippen LogP contribution >= 0.6 is 11.3 Å². The van der Waals surface area contributed by atoms with Crippen LogP contribution in [-0.2, 0) is 19.2 Å². The number of oxime groups is 1. The van der Waals surface area contributed by atoms with E-state index in [1.54, 1.807) is 16.1 Å². The first-order chi connectivity index (χ1) is 15.7. The van der Waals surface area contributed by atoms with Crippen LogP contribution in [0, 0.1) is 13.8 Å². The van der Waals surface area contributed by atoms with Crippen LogP contribution in [0.25, 0.3) is 5.70 Å². The zero-order valence-electron chi connectivity index (χ0n) is 18.2. The summed E-state index contributed by atoms with van der Waals surface area (Å²) in [5.41, 5.74) is 8.28. The average molecular weight is 472 g/mol. The number of hydrogen-bond donors (Lipinski definition) is 3. The summed E-state index contributed by atoms with van der Waals surface area (Å²) in [6.45, 7) is 3.91. The molecule has 12 heteroatoms. The number of thiazole rings is 1. The van der Waals surface area contributed by atoms with Crippen LogP contribution in [0.4, 0.5) is 5.13 Å². The molecule has 1 fully saturated rings. The number of aliphatic carboxylic acids is 1. The number of nitrogens with two attached hydrogens (primary N) is 1. The number of aromatic nitrogens is 2. The zero-order chi connectivity index (χ0) is 23.9. The van der Waals surface area contributed by atoms with Crippen molar-refractivity contribution in [1.29, 1.82) is 0 Å². The van der Waals surface area contributed by atoms with Gasteiger partial charge < -0.3 is 21.0 Å². The summed E-state index contributed by atoms with van der Waals surface area (Å²) in [5, 5.41) is 18.1. The van der Waals surface area contributed by atoms with Gasteiger partial charge in [0.2, 0.25) is 5.70 Å². The van der Waals surface area contributed by atoms with Crippen LogP contribution in [-0.4, -0.2) is 57.7 Å². The lowest BCUT2D eigenvalue weighted by Gasteiger charge is -2.48. The minimum Gasteiger partial charge on any atom is -0.476 e. The molecular weight excluding hydrogens is 448 g/mol. The molecule has 33 heavy (non-hydrogen) atoms. The van der Waals surface area contributed by atoms with Gasteiger partial charge in [-0.25, -0.2) is 9.78 Å². The van der Waals surface area contributed by atoms with Gasteiger partial charge in [-0.1, -0.05) is 5.16 Å². The number of nitrogen functional groups attached to an aromatic ring is 1. The molecule has 0 aromatic carbocycles. The minimum absolute atomic E-state index is 0.0759. The first kappa shape index (κ1) is 22.4. The molecule has 2 aliphatic rings. The summed E-state index contributed by atoms with van der Waals surface area (Å²) in [6.07, 6.45) is 4.56. The highest BCUT2D eigenvalue weighted by Gasteiger charge is 2.55. The molecule has 0 radical (unpaired) electrons. The van der Waals surface area contributed by atoms with E-state index in [0.717, 1.165) is 22.5 Å². The van der Waals surface area contributed by atoms with E-state index < -0.39 is 29.9 Å². The third-order valence-electron chi connectivity index (χ3n) is 5.81. The van der Waals surface area contributed by atoms with Crippen molar-refractivity contribution >= 4 is 45.7 Å². The van der Waals surface area contributed by atoms with E-state index >= 15 is 0 Å². The molecule has 0 aliphatic carbocycles. The molecule has 0 bridgehead atoms. The second-order valence-electron chi connectivity index (χ2n) is 7.78. The number of pyridine rings is 1. The highest BCUT2D eigenvalue weighted by molar-refractivity contribution is 7.13. The summed E-state index contributed by atoms with van der Waals surface area (Å²) in [6, 6.07) is 0.542. The molecule has 2 aliphatic heterocycles. The fourth-order valence-electron chi connectivity index (χ4n) is 4.04. The van der Waals surface area contributed by atoms with Gasteiger partial charge >= 0.3 is 5.97 Å². The molecule has 2 amide bonds. The Kier molecular flexibility index (Phi) is 5.85. The minimum atomic E-state index is -1.20. The van der Waals surface area contributed by atoms with Crippen molar-refractivity contribution in [3.8, 4) is 0 Å². The van der Waals surface area contributed by atoms with Crippen molar-refractivity contribution < 1.29 is 28.9 Å². The van der Waals surface area contributed by atoms with Gasteiger partial charge in [-0.2, -0.15) is 4.57 Å². The van der Waals surface area contributed by atoms with E-state index in [4.69, 9.17) is 10.6 Å². The van der Waals surface area contributed by atoms with E-state index in [-0.39, 0.29) is 22.2 Å². The van der Waals surface area contributed by atoms with Crippen LogP contribution in [0.5, 0.6) is 0 Å². The van der Waals surface area contributed by atoms with Crippen molar-refractivity contribution in [3.63, 3.8) is 0 Å². The lowest BCUT2D eigenvalue weighted by atomic mass is 9.85. The second kappa shape index (κ2) is 8.62. The number of anilines is 1. The first-order valence-electron chi connectivity index (χ1n) is 10.1. The molecule has 11 nitrogen and oxygen atoms in total. The topological polar surface area (TPSA) is 151 Å². The smallest absolute Gasteiger partial charge is 0.359 e. The molecule has 4 N–H and O–H groups in total. The van der Waals surface area contributed by atoms with E-state index in [0.29, 0.717) is 18.5 Å². The van der Waals surface area contributed by atoms with Gasteiger partial charge in [-0.15, -0.1) is 11.3 Å². The lowest BCUT2D eigenvalue weighted by molar-refractivity contribution is -0.585. The van der Waals surface area contributed by atoms with E-state index in [9.17, 15) is 19.5 Å². The van der Waals surface area contributed by atoms with Gasteiger partial charge in [-0.05, 0) is 25.8 Å². The Morgan fingerprint density at radius 3 is 2.76 bits per heavy atom. The summed E-state index contributed by atoms with van der Waals surface area (Å²) in [5.74, 6) is -2.35. The quantitative estimate of drug-likeness (QED) is 0.239. The van der Waals surface area contributed by atoms with E-state index in [1.807, 2.05) is 26.1 Å². The Hall–Kier alpha value is -3.80. The number of aryl methyl sites for hydroxylation is 2. The number of hydrogen-bond acceptors (Lipinski definition) is 8. The van der Waals surface area contributed by atoms with Crippen molar-refractivity contribution in [3.05, 3.63) is 46.4 Å². The molecule has 1 saturated heterocycles. The van der Waals surface area contributed by atoms with Gasteiger partial charge in [-0.3, -0.25) is 14.5 Å². The molecule has 4 heterocycles. The number of allylic oxidation sites excluding steroid dienone is 1. The Balaban J connectivity index is 1.59. The number of carbonyl (C=O) groups excluding carboxylic acids is 2. The largest absolute Gasteiger partial charge is 0.476 e. The highest BCUT2D eigenvalue weighted by Crippen LogP contribution is 2.37. The number of nitrogens with zero attached hydrogens (tertiary/aromatic N) is 4. The third-order valence-corrected chi connectivity index (χ3v) is 6.49. The third kappa shape index (κ3) is 3.93. The van der Waals surface area contributed by atoms with Crippen molar-refractivity contribution in [2.45, 2.75) is 38.8 Å². The number of fused-ring (bicyclic) bond motifs is 1. The molecule has 0 spiro atoms. The van der Waals surface area contributed by atoms with Gasteiger partial charge in [0.25, 0.3) is 11.8 Å². The number of rotatable bonds is 6. The van der Waals surface area contributed by atoms with Gasteiger partial charge in [0.1, 0.15) is 18.8 Å². The van der Waals surface area contributed by atoms with E-state index in [2.05, 4.69) is 15.5 Å². The molecule has 2 aromatic heterocycles. The zero-order valence-corrected chi connectivity index (χ0v) is 19.0. The van der Waals surface area contributed by atoms with Crippen LogP contribution in [0.1, 0.15) is 29.7 Å². The highest BCUT2D eigenvalue weighted by atomic mass is 32.1. The molecule has 2 atom stereocenters. The summed E-state index contributed by atoms with van der Waals surface area (Å²) in [7, 11) is 1.29. The SMILES string of the molecule is CO/N=C(\C(=O)N[C@H]1C(=O)N2C(C(=O)O)=C([n+]3ccc(C)c(C)c3)CCC12)c1csc(N)n1. The molecular formula is C21H23N6O5S+. The van der Waals surface area contributed by atoms with Gasteiger partial charge in [0.15, 0.2) is 28.9 Å². The maximum atomic E-state index is 13.0. The van der Waals surface area contributed by atoms with Crippen LogP contribution < -0.4 is 15.6 Å². The summed E-state index contributed by atoms with van der Waals surface area (Å²) in [4.78, 5) is 48.0. The van der Waals surface area contributed by atoms with Crippen LogP contribution in [0.15, 0.2) is 34.7 Å². The van der Waals surface area contributed by atoms with Crippen molar-refractivity contribution in [2.75, 3.05) is 12.8 Å². The number of β-lactam (4-membered cyclic amide) rings is 1. The molecule has 2 aromatic rings. The number of carboxylic acid groups (broad SMARTS) is 1. The predicted octanol–water partition coefficient (Wildman–Crippen LogP) is 0.423. The molecule has 4 rings (SSSR count). The Bertz CT molecular complexity index is 1220. The maximum absolute atomic E-state index is 13.0. The first-order valence-corrected chi connectivity index (χ1v) is 11.0. The van der Waals surface area contributed by atoms with Crippen molar-refractivity contribution in [2.24, 2.45) is 5.16 Å². The fourth-order valence-corrected chi connectivity index (χ4v) is 4.59. The number of nitrogens with one attached hydrogen (secondary N) is 1. The number of amides is 2. The van der Waals surface area contributed by atoms with Gasteiger partial charge in [0, 0.05) is 23.4 Å². The normalized spacial score (nSPS) is 20.3. The maximum Gasteiger partial charge on any atom is 0.359 e. The Morgan fingerprint density at radius 1 is 1.39 bits per heavy atom. The lowest BCUT2D eigenvalue weighted by Crippen LogP contribution is -2.72. The summed E-state index contributed by atoms with van der Waals surface area (Å²) >= 11 is 1.14. The Labute approximate surface area is 193 Å². The van der Waals surface area contributed by atoms with Gasteiger partial charge in [0.05, 0.1) is 6.04 Å². The number of carboxylic acids is 1. The van der Waals surface area contributed by atoms with E-state index in [1.165, 1.54) is 12.0 Å². The predicted molar refractivity (Wildman–Crippen MR) is 119 cm³/mol. The standard InChI is InChI=1S/C21H22N6O5S/c1-10-6-7-26(8-11(10)2)14-5-4-13-16(19(29)27(13)17(14)20(30)31)24-18(28)15(25-32-3)12-9-33-21(22)23-12/h6-9,13,16H,4-5H2,1-3H3,(H3-,22,23,24,28,30,31)/p+1/b25-15-/t13?,16-/m1/s1.